The SMILES string of the molecule is CCN(CC)C(=O)OOC(=O)N(C)C. The van der Waals surface area contributed by atoms with E-state index in [0.29, 0.717) is 13.1 Å². The molecule has 0 unspecified atom stereocenters. The normalized spacial score (nSPS) is 9.14. The van der Waals surface area contributed by atoms with E-state index >= 15 is 0 Å². The van der Waals surface area contributed by atoms with E-state index in [1.165, 1.54) is 19.0 Å². The lowest BCUT2D eigenvalue weighted by Gasteiger charge is -2.16. The summed E-state index contributed by atoms with van der Waals surface area (Å²) in [7, 11) is 2.99. The van der Waals surface area contributed by atoms with Crippen molar-refractivity contribution in [3.05, 3.63) is 0 Å². The second-order valence-corrected chi connectivity index (χ2v) is 2.77. The molecule has 0 fully saturated rings. The Kier molecular flexibility index (Phi) is 5.43. The Morgan fingerprint density at radius 1 is 1.00 bits per heavy atom. The Hall–Kier alpha value is -1.46. The zero-order chi connectivity index (χ0) is 11.1. The number of hydrogen-bond acceptors (Lipinski definition) is 4. The lowest BCUT2D eigenvalue weighted by molar-refractivity contribution is -0.194. The second-order valence-electron chi connectivity index (χ2n) is 2.77. The summed E-state index contributed by atoms with van der Waals surface area (Å²) in [5, 5.41) is 0. The summed E-state index contributed by atoms with van der Waals surface area (Å²) in [6.07, 6.45) is -1.38. The summed E-state index contributed by atoms with van der Waals surface area (Å²) < 4.78 is 0. The van der Waals surface area contributed by atoms with Crippen molar-refractivity contribution in [2.24, 2.45) is 0 Å². The maximum absolute atomic E-state index is 11.1. The highest BCUT2D eigenvalue weighted by molar-refractivity contribution is 5.70. The van der Waals surface area contributed by atoms with Gasteiger partial charge in [0, 0.05) is 27.2 Å². The molecule has 0 saturated heterocycles. The van der Waals surface area contributed by atoms with Crippen LogP contribution in [-0.2, 0) is 9.78 Å². The van der Waals surface area contributed by atoms with Crippen LogP contribution in [0.2, 0.25) is 0 Å². The smallest absolute Gasteiger partial charge is 0.311 e. The van der Waals surface area contributed by atoms with Crippen molar-refractivity contribution in [3.8, 4) is 0 Å². The summed E-state index contributed by atoms with van der Waals surface area (Å²) in [4.78, 5) is 33.1. The first-order valence-electron chi connectivity index (χ1n) is 4.37. The van der Waals surface area contributed by atoms with E-state index in [4.69, 9.17) is 0 Å². The van der Waals surface area contributed by atoms with Gasteiger partial charge in [-0.15, -0.1) is 0 Å². The molecule has 0 N–H and O–H groups in total. The third kappa shape index (κ3) is 3.97. The zero-order valence-corrected chi connectivity index (χ0v) is 8.94. The maximum Gasteiger partial charge on any atom is 0.453 e. The molecular formula is C8H16N2O4. The fraction of sp³-hybridized carbons (Fsp3) is 0.750. The Labute approximate surface area is 83.3 Å². The van der Waals surface area contributed by atoms with Gasteiger partial charge in [-0.2, -0.15) is 0 Å². The van der Waals surface area contributed by atoms with Gasteiger partial charge >= 0.3 is 12.2 Å². The molecule has 2 amide bonds. The summed E-state index contributed by atoms with van der Waals surface area (Å²) in [5.41, 5.74) is 0. The first-order chi connectivity index (χ1) is 6.52. The molecule has 0 atom stereocenters. The molecule has 6 nitrogen and oxygen atoms in total. The van der Waals surface area contributed by atoms with E-state index in [0.717, 1.165) is 4.90 Å². The molecular weight excluding hydrogens is 188 g/mol. The molecule has 0 radical (unpaired) electrons. The molecule has 82 valence electrons. The van der Waals surface area contributed by atoms with Crippen molar-refractivity contribution in [1.29, 1.82) is 0 Å². The van der Waals surface area contributed by atoms with Gasteiger partial charge in [-0.05, 0) is 13.8 Å². The lowest BCUT2D eigenvalue weighted by atomic mass is 10.6. The molecule has 0 heterocycles. The summed E-state index contributed by atoms with van der Waals surface area (Å²) >= 11 is 0. The van der Waals surface area contributed by atoms with Crippen molar-refractivity contribution in [3.63, 3.8) is 0 Å². The van der Waals surface area contributed by atoms with Gasteiger partial charge in [0.25, 0.3) is 0 Å². The van der Waals surface area contributed by atoms with Crippen LogP contribution in [0, 0.1) is 0 Å². The average Bonchev–Trinajstić information content (AvgIpc) is 2.15. The quantitative estimate of drug-likeness (QED) is 0.499. The highest BCUT2D eigenvalue weighted by Gasteiger charge is 2.15. The first kappa shape index (κ1) is 12.5. The van der Waals surface area contributed by atoms with Gasteiger partial charge < -0.3 is 9.80 Å². The molecule has 0 aromatic rings. The topological polar surface area (TPSA) is 59.1 Å². The molecule has 0 saturated carbocycles. The third-order valence-corrected chi connectivity index (χ3v) is 1.57. The summed E-state index contributed by atoms with van der Waals surface area (Å²) in [5.74, 6) is 0. The minimum Gasteiger partial charge on any atom is -0.311 e. The number of carbonyl (C=O) groups is 2. The van der Waals surface area contributed by atoms with Crippen LogP contribution in [-0.4, -0.2) is 49.2 Å². The maximum atomic E-state index is 11.1. The summed E-state index contributed by atoms with van der Waals surface area (Å²) in [6.45, 7) is 4.63. The monoisotopic (exact) mass is 204 g/mol. The lowest BCUT2D eigenvalue weighted by Crippen LogP contribution is -2.33. The highest BCUT2D eigenvalue weighted by Crippen LogP contribution is 1.95. The fourth-order valence-electron chi connectivity index (χ4n) is 0.680. The van der Waals surface area contributed by atoms with Gasteiger partial charge in [-0.3, -0.25) is 0 Å². The number of carbonyl (C=O) groups excluding carboxylic acids is 2. The van der Waals surface area contributed by atoms with E-state index in [9.17, 15) is 9.59 Å². The molecule has 0 bridgehead atoms. The van der Waals surface area contributed by atoms with E-state index in [1.807, 2.05) is 0 Å². The van der Waals surface area contributed by atoms with Crippen LogP contribution < -0.4 is 0 Å². The third-order valence-electron chi connectivity index (χ3n) is 1.57. The number of hydrogen-bond donors (Lipinski definition) is 0. The van der Waals surface area contributed by atoms with Gasteiger partial charge in [0.1, 0.15) is 0 Å². The van der Waals surface area contributed by atoms with Crippen LogP contribution in [0.4, 0.5) is 9.59 Å². The van der Waals surface area contributed by atoms with E-state index in [1.54, 1.807) is 13.8 Å². The Morgan fingerprint density at radius 3 is 1.79 bits per heavy atom. The van der Waals surface area contributed by atoms with Gasteiger partial charge in [0.05, 0.1) is 0 Å². The largest absolute Gasteiger partial charge is 0.453 e. The first-order valence-corrected chi connectivity index (χ1v) is 4.37. The van der Waals surface area contributed by atoms with Gasteiger partial charge in [0.15, 0.2) is 0 Å². The molecule has 0 aliphatic carbocycles. The molecule has 14 heavy (non-hydrogen) atoms. The van der Waals surface area contributed by atoms with E-state index < -0.39 is 12.2 Å². The van der Waals surface area contributed by atoms with Gasteiger partial charge in [0.2, 0.25) is 0 Å². The molecule has 0 aromatic heterocycles. The van der Waals surface area contributed by atoms with Crippen LogP contribution in [0.5, 0.6) is 0 Å². The van der Waals surface area contributed by atoms with Crippen molar-refractivity contribution >= 4 is 12.2 Å². The van der Waals surface area contributed by atoms with Crippen molar-refractivity contribution in [1.82, 2.24) is 9.80 Å². The molecule has 0 aliphatic heterocycles. The number of rotatable bonds is 2. The van der Waals surface area contributed by atoms with Gasteiger partial charge in [-0.25, -0.2) is 19.4 Å². The van der Waals surface area contributed by atoms with Crippen LogP contribution in [0.15, 0.2) is 0 Å². The van der Waals surface area contributed by atoms with Crippen LogP contribution in [0.1, 0.15) is 13.8 Å². The predicted molar refractivity (Wildman–Crippen MR) is 49.6 cm³/mol. The van der Waals surface area contributed by atoms with E-state index in [-0.39, 0.29) is 0 Å². The van der Waals surface area contributed by atoms with Crippen LogP contribution >= 0.6 is 0 Å². The van der Waals surface area contributed by atoms with E-state index in [2.05, 4.69) is 9.78 Å². The zero-order valence-electron chi connectivity index (χ0n) is 8.94. The molecule has 0 spiro atoms. The van der Waals surface area contributed by atoms with Crippen molar-refractivity contribution in [2.45, 2.75) is 13.8 Å². The Balaban J connectivity index is 3.89. The summed E-state index contributed by atoms with van der Waals surface area (Å²) in [6, 6.07) is 0. The van der Waals surface area contributed by atoms with Crippen molar-refractivity contribution in [2.75, 3.05) is 27.2 Å². The second kappa shape index (κ2) is 6.06. The molecule has 6 heteroatoms. The standard InChI is InChI=1S/C8H16N2O4/c1-5-10(6-2)8(12)14-13-7(11)9(3)4/h5-6H2,1-4H3. The molecule has 0 aromatic carbocycles. The van der Waals surface area contributed by atoms with Crippen LogP contribution in [0.3, 0.4) is 0 Å². The number of amides is 2. The molecule has 0 aliphatic rings. The Bertz CT molecular complexity index is 202. The van der Waals surface area contributed by atoms with Crippen LogP contribution in [0.25, 0.3) is 0 Å². The number of nitrogens with zero attached hydrogens (tertiary/aromatic N) is 2. The average molecular weight is 204 g/mol. The minimum absolute atomic E-state index is 0.509. The van der Waals surface area contributed by atoms with Gasteiger partial charge in [-0.1, -0.05) is 0 Å². The predicted octanol–water partition coefficient (Wildman–Crippen LogP) is 1.08. The van der Waals surface area contributed by atoms with Crippen molar-refractivity contribution < 1.29 is 19.4 Å². The highest BCUT2D eigenvalue weighted by atomic mass is 17.2. The Morgan fingerprint density at radius 2 is 1.43 bits per heavy atom. The minimum atomic E-state index is -0.717. The molecule has 0 rings (SSSR count). The fourth-order valence-corrected chi connectivity index (χ4v) is 0.680.